The van der Waals surface area contributed by atoms with Gasteiger partial charge in [0.15, 0.2) is 0 Å². The number of nitrogens with zero attached hydrogens (tertiary/aromatic N) is 2. The second-order valence-electron chi connectivity index (χ2n) is 9.08. The van der Waals surface area contributed by atoms with Crippen molar-refractivity contribution in [3.8, 4) is 5.75 Å². The molecule has 1 aliphatic rings. The predicted octanol–water partition coefficient (Wildman–Crippen LogP) is 4.85. The summed E-state index contributed by atoms with van der Waals surface area (Å²) in [4.78, 5) is 30.2. The Labute approximate surface area is 202 Å². The molecule has 3 rings (SSSR count). The number of amides is 1. The smallest absolute Gasteiger partial charge is 0.295 e. The van der Waals surface area contributed by atoms with E-state index < -0.39 is 17.7 Å². The highest BCUT2D eigenvalue weighted by Gasteiger charge is 2.46. The maximum Gasteiger partial charge on any atom is 0.295 e. The van der Waals surface area contributed by atoms with Gasteiger partial charge in [0.25, 0.3) is 11.7 Å². The number of aryl methyl sites for hydroxylation is 2. The summed E-state index contributed by atoms with van der Waals surface area (Å²) in [5.41, 5.74) is 3.32. The molecular formula is C28H36N2O4. The molecule has 1 fully saturated rings. The van der Waals surface area contributed by atoms with E-state index in [1.807, 2.05) is 52.0 Å². The topological polar surface area (TPSA) is 70.1 Å². The van der Waals surface area contributed by atoms with E-state index >= 15 is 0 Å². The first kappa shape index (κ1) is 25.5. The summed E-state index contributed by atoms with van der Waals surface area (Å²) >= 11 is 0. The number of likely N-dealkylation sites (N-methyl/N-ethyl adjacent to an activating group) is 1. The first-order valence-electron chi connectivity index (χ1n) is 12.0. The number of Topliss-reactive ketones (excluding diaryl/α,β-unsaturated/α-hetero) is 1. The van der Waals surface area contributed by atoms with Crippen molar-refractivity contribution in [2.45, 2.75) is 53.7 Å². The Hall–Kier alpha value is -3.12. The van der Waals surface area contributed by atoms with Crippen LogP contribution in [0.2, 0.25) is 0 Å². The predicted molar refractivity (Wildman–Crippen MR) is 135 cm³/mol. The first-order chi connectivity index (χ1) is 16.2. The van der Waals surface area contributed by atoms with Gasteiger partial charge in [0.05, 0.1) is 17.7 Å². The number of hydrogen-bond acceptors (Lipinski definition) is 5. The van der Waals surface area contributed by atoms with Crippen molar-refractivity contribution in [2.75, 3.05) is 26.2 Å². The Bertz CT molecular complexity index is 1090. The summed E-state index contributed by atoms with van der Waals surface area (Å²) in [5, 5.41) is 11.3. The van der Waals surface area contributed by atoms with Crippen LogP contribution < -0.4 is 4.74 Å². The van der Waals surface area contributed by atoms with Crippen LogP contribution in [-0.2, 0) is 9.59 Å². The van der Waals surface area contributed by atoms with Gasteiger partial charge in [-0.1, -0.05) is 43.7 Å². The second-order valence-corrected chi connectivity index (χ2v) is 9.08. The third-order valence-electron chi connectivity index (χ3n) is 6.26. The molecule has 182 valence electrons. The summed E-state index contributed by atoms with van der Waals surface area (Å²) in [7, 11) is 0. The molecule has 34 heavy (non-hydrogen) atoms. The number of carbonyl (C=O) groups excluding carboxylic acids is 2. The number of benzene rings is 2. The summed E-state index contributed by atoms with van der Waals surface area (Å²) in [6.07, 6.45) is 0.0237. The summed E-state index contributed by atoms with van der Waals surface area (Å²) in [5.74, 6) is -0.656. The molecule has 0 radical (unpaired) electrons. The van der Waals surface area contributed by atoms with E-state index in [4.69, 9.17) is 4.74 Å². The summed E-state index contributed by atoms with van der Waals surface area (Å²) in [6, 6.07) is 12.5. The van der Waals surface area contributed by atoms with Crippen LogP contribution in [0.15, 0.2) is 48.0 Å². The van der Waals surface area contributed by atoms with E-state index in [1.54, 1.807) is 23.1 Å². The minimum absolute atomic E-state index is 0.0237. The number of rotatable bonds is 9. The van der Waals surface area contributed by atoms with E-state index in [2.05, 4.69) is 18.7 Å². The van der Waals surface area contributed by atoms with Gasteiger partial charge < -0.3 is 19.6 Å². The summed E-state index contributed by atoms with van der Waals surface area (Å²) in [6.45, 7) is 14.7. The minimum Gasteiger partial charge on any atom is -0.507 e. The lowest BCUT2D eigenvalue weighted by Gasteiger charge is -2.28. The van der Waals surface area contributed by atoms with Gasteiger partial charge in [-0.2, -0.15) is 0 Å². The number of carbonyl (C=O) groups is 2. The van der Waals surface area contributed by atoms with Crippen molar-refractivity contribution in [3.05, 3.63) is 70.3 Å². The van der Waals surface area contributed by atoms with Gasteiger partial charge in [-0.25, -0.2) is 0 Å². The molecular weight excluding hydrogens is 428 g/mol. The van der Waals surface area contributed by atoms with E-state index in [0.717, 1.165) is 35.5 Å². The molecule has 1 saturated heterocycles. The van der Waals surface area contributed by atoms with Crippen molar-refractivity contribution < 1.29 is 19.4 Å². The van der Waals surface area contributed by atoms with Gasteiger partial charge >= 0.3 is 0 Å². The van der Waals surface area contributed by atoms with Gasteiger partial charge in [-0.05, 0) is 70.1 Å². The molecule has 1 atom stereocenters. The van der Waals surface area contributed by atoms with Crippen LogP contribution in [0.3, 0.4) is 0 Å². The highest BCUT2D eigenvalue weighted by molar-refractivity contribution is 6.46. The first-order valence-corrected chi connectivity index (χ1v) is 12.0. The highest BCUT2D eigenvalue weighted by atomic mass is 16.5. The molecule has 0 saturated carbocycles. The maximum absolute atomic E-state index is 13.2. The largest absolute Gasteiger partial charge is 0.507 e. The second kappa shape index (κ2) is 10.9. The van der Waals surface area contributed by atoms with Gasteiger partial charge in [-0.3, -0.25) is 9.59 Å². The average molecular weight is 465 g/mol. The van der Waals surface area contributed by atoms with Crippen LogP contribution in [0.25, 0.3) is 5.76 Å². The fourth-order valence-electron chi connectivity index (χ4n) is 4.42. The zero-order valence-corrected chi connectivity index (χ0v) is 21.1. The number of aliphatic hydroxyl groups excluding tert-OH is 1. The van der Waals surface area contributed by atoms with Crippen LogP contribution in [0.4, 0.5) is 0 Å². The molecule has 1 aliphatic heterocycles. The van der Waals surface area contributed by atoms with Crippen molar-refractivity contribution in [1.82, 2.24) is 9.80 Å². The molecule has 2 aromatic carbocycles. The van der Waals surface area contributed by atoms with Crippen LogP contribution in [0.1, 0.15) is 56.0 Å². The fraction of sp³-hybridized carbons (Fsp3) is 0.429. The number of likely N-dealkylation sites (tertiary alicyclic amines) is 1. The van der Waals surface area contributed by atoms with Crippen LogP contribution in [0, 0.1) is 13.8 Å². The standard InChI is InChI=1S/C28H36N2O4/c1-7-29(8-2)14-15-30-25(21-11-9-10-19(5)16-21)24(27(32)28(30)33)26(31)22-12-13-23(20(6)17-22)34-18(3)4/h9-13,16-18,25,31H,7-8,14-15H2,1-6H3/b26-24-. The van der Waals surface area contributed by atoms with E-state index in [1.165, 1.54) is 0 Å². The SMILES string of the molecule is CCN(CC)CCN1C(=O)C(=O)/C(=C(\O)c2ccc(OC(C)C)c(C)c2)C1c1cccc(C)c1. The van der Waals surface area contributed by atoms with Crippen LogP contribution in [0.5, 0.6) is 5.75 Å². The van der Waals surface area contributed by atoms with Gasteiger partial charge in [0.1, 0.15) is 11.5 Å². The van der Waals surface area contributed by atoms with Gasteiger partial charge in [-0.15, -0.1) is 0 Å². The normalized spacial score (nSPS) is 17.8. The molecule has 0 spiro atoms. The highest BCUT2D eigenvalue weighted by Crippen LogP contribution is 2.40. The Balaban J connectivity index is 2.09. The number of ether oxygens (including phenoxy) is 1. The molecule has 0 aromatic heterocycles. The zero-order chi connectivity index (χ0) is 25.0. The van der Waals surface area contributed by atoms with Crippen molar-refractivity contribution in [2.24, 2.45) is 0 Å². The molecule has 1 heterocycles. The Morgan fingerprint density at radius 2 is 1.79 bits per heavy atom. The number of ketones is 1. The molecule has 1 amide bonds. The molecule has 0 bridgehead atoms. The van der Waals surface area contributed by atoms with E-state index in [0.29, 0.717) is 18.7 Å². The average Bonchev–Trinajstić information content (AvgIpc) is 3.05. The minimum atomic E-state index is -0.649. The quantitative estimate of drug-likeness (QED) is 0.326. The van der Waals surface area contributed by atoms with Gasteiger partial charge in [0, 0.05) is 18.7 Å². The lowest BCUT2D eigenvalue weighted by Crippen LogP contribution is -2.38. The van der Waals surface area contributed by atoms with Crippen LogP contribution in [-0.4, -0.2) is 58.9 Å². The molecule has 6 heteroatoms. The zero-order valence-electron chi connectivity index (χ0n) is 21.1. The van der Waals surface area contributed by atoms with E-state index in [9.17, 15) is 14.7 Å². The molecule has 1 unspecified atom stereocenters. The lowest BCUT2D eigenvalue weighted by atomic mass is 9.94. The van der Waals surface area contributed by atoms with Crippen LogP contribution >= 0.6 is 0 Å². The molecule has 1 N–H and O–H groups in total. The molecule has 0 aliphatic carbocycles. The maximum atomic E-state index is 13.2. The third-order valence-corrected chi connectivity index (χ3v) is 6.26. The number of aliphatic hydroxyl groups is 1. The molecule has 6 nitrogen and oxygen atoms in total. The summed E-state index contributed by atoms with van der Waals surface area (Å²) < 4.78 is 5.81. The van der Waals surface area contributed by atoms with Crippen molar-refractivity contribution >= 4 is 17.4 Å². The van der Waals surface area contributed by atoms with Gasteiger partial charge in [0.2, 0.25) is 0 Å². The lowest BCUT2D eigenvalue weighted by molar-refractivity contribution is -0.140. The monoisotopic (exact) mass is 464 g/mol. The Morgan fingerprint density at radius 3 is 2.38 bits per heavy atom. The number of hydrogen-bond donors (Lipinski definition) is 1. The Morgan fingerprint density at radius 1 is 1.09 bits per heavy atom. The molecule has 2 aromatic rings. The van der Waals surface area contributed by atoms with Crippen molar-refractivity contribution in [3.63, 3.8) is 0 Å². The Kier molecular flexibility index (Phi) is 8.15. The fourth-order valence-corrected chi connectivity index (χ4v) is 4.42. The van der Waals surface area contributed by atoms with E-state index in [-0.39, 0.29) is 17.4 Å². The van der Waals surface area contributed by atoms with Crippen molar-refractivity contribution in [1.29, 1.82) is 0 Å². The third kappa shape index (κ3) is 5.33.